The number of carbonyl (C=O) groups is 1. The van der Waals surface area contributed by atoms with Crippen molar-refractivity contribution in [2.75, 3.05) is 12.0 Å². The molecule has 26 heavy (non-hydrogen) atoms. The van der Waals surface area contributed by atoms with Crippen LogP contribution >= 0.6 is 0 Å². The molecule has 1 aliphatic carbocycles. The van der Waals surface area contributed by atoms with Crippen molar-refractivity contribution in [3.8, 4) is 11.5 Å². The summed E-state index contributed by atoms with van der Waals surface area (Å²) in [6.45, 7) is 0.997. The van der Waals surface area contributed by atoms with Crippen molar-refractivity contribution in [3.05, 3.63) is 53.1 Å². The average molecular weight is 352 g/mol. The Bertz CT molecular complexity index is 828. The molecule has 0 radical (unpaired) electrons. The summed E-state index contributed by atoms with van der Waals surface area (Å²) in [6.07, 6.45) is 4.79. The number of carbonyl (C=O) groups excluding carboxylic acids is 1. The summed E-state index contributed by atoms with van der Waals surface area (Å²) in [7, 11) is 1.64. The minimum absolute atomic E-state index is 0.00674. The highest BCUT2D eigenvalue weighted by Gasteiger charge is 2.29. The number of nitrogens with two attached hydrogens (primary N) is 1. The van der Waals surface area contributed by atoms with Crippen molar-refractivity contribution in [1.82, 2.24) is 0 Å². The number of amides is 1. The van der Waals surface area contributed by atoms with E-state index in [4.69, 9.17) is 15.2 Å². The van der Waals surface area contributed by atoms with Crippen LogP contribution in [0.1, 0.15) is 47.2 Å². The normalized spacial score (nSPS) is 16.8. The van der Waals surface area contributed by atoms with E-state index in [0.29, 0.717) is 24.6 Å². The molecule has 1 saturated carbocycles. The second-order valence-corrected chi connectivity index (χ2v) is 6.95. The quantitative estimate of drug-likeness (QED) is 0.892. The number of anilines is 1. The highest BCUT2D eigenvalue weighted by atomic mass is 16.5. The minimum atomic E-state index is 0.00674. The molecule has 0 spiro atoms. The first kappa shape index (κ1) is 16.9. The molecule has 1 aliphatic heterocycles. The fourth-order valence-corrected chi connectivity index (χ4v) is 3.79. The van der Waals surface area contributed by atoms with Gasteiger partial charge in [0.05, 0.1) is 19.8 Å². The molecule has 2 aromatic carbocycles. The number of methoxy groups -OCH3 is 1. The van der Waals surface area contributed by atoms with Gasteiger partial charge in [0, 0.05) is 23.9 Å². The van der Waals surface area contributed by atoms with Gasteiger partial charge in [-0.3, -0.25) is 4.79 Å². The van der Waals surface area contributed by atoms with Crippen molar-refractivity contribution in [3.63, 3.8) is 0 Å². The SMILES string of the molecule is COc1ccc(N2Cc3ccc(CN)cc3C2=O)cc1OC1CCCC1. The molecule has 5 nitrogen and oxygen atoms in total. The summed E-state index contributed by atoms with van der Waals surface area (Å²) in [4.78, 5) is 14.7. The van der Waals surface area contributed by atoms with Crippen LogP contribution in [0, 0.1) is 0 Å². The Labute approximate surface area is 153 Å². The van der Waals surface area contributed by atoms with E-state index in [1.165, 1.54) is 12.8 Å². The van der Waals surface area contributed by atoms with Crippen LogP contribution in [-0.4, -0.2) is 19.1 Å². The largest absolute Gasteiger partial charge is 0.493 e. The Morgan fingerprint density at radius 2 is 1.92 bits per heavy atom. The molecule has 4 rings (SSSR count). The van der Waals surface area contributed by atoms with Gasteiger partial charge in [-0.2, -0.15) is 0 Å². The summed E-state index contributed by atoms with van der Waals surface area (Å²) >= 11 is 0. The maximum absolute atomic E-state index is 12.9. The molecule has 0 unspecified atom stereocenters. The van der Waals surface area contributed by atoms with Gasteiger partial charge in [0.2, 0.25) is 0 Å². The molecule has 0 atom stereocenters. The van der Waals surface area contributed by atoms with Gasteiger partial charge >= 0.3 is 0 Å². The van der Waals surface area contributed by atoms with E-state index in [9.17, 15) is 4.79 Å². The minimum Gasteiger partial charge on any atom is -0.493 e. The summed E-state index contributed by atoms with van der Waals surface area (Å²) in [5, 5.41) is 0. The number of rotatable bonds is 5. The Balaban J connectivity index is 1.62. The number of hydrogen-bond acceptors (Lipinski definition) is 4. The maximum atomic E-state index is 12.9. The van der Waals surface area contributed by atoms with E-state index in [0.717, 1.165) is 35.2 Å². The smallest absolute Gasteiger partial charge is 0.258 e. The maximum Gasteiger partial charge on any atom is 0.258 e. The first-order valence-electron chi connectivity index (χ1n) is 9.18. The van der Waals surface area contributed by atoms with Crippen molar-refractivity contribution < 1.29 is 14.3 Å². The van der Waals surface area contributed by atoms with Crippen LogP contribution in [0.2, 0.25) is 0 Å². The summed E-state index contributed by atoms with van der Waals surface area (Å²) in [6, 6.07) is 11.6. The molecular formula is C21H24N2O3. The molecule has 2 aliphatic rings. The monoisotopic (exact) mass is 352 g/mol. The Morgan fingerprint density at radius 3 is 2.65 bits per heavy atom. The number of fused-ring (bicyclic) bond motifs is 1. The summed E-state index contributed by atoms with van der Waals surface area (Å²) in [5.41, 5.74) is 9.28. The van der Waals surface area contributed by atoms with Crippen molar-refractivity contribution >= 4 is 11.6 Å². The van der Waals surface area contributed by atoms with Gasteiger partial charge in [-0.15, -0.1) is 0 Å². The highest BCUT2D eigenvalue weighted by Crippen LogP contribution is 2.37. The van der Waals surface area contributed by atoms with Gasteiger partial charge in [-0.05, 0) is 55.0 Å². The summed E-state index contributed by atoms with van der Waals surface area (Å²) in [5.74, 6) is 1.42. The fourth-order valence-electron chi connectivity index (χ4n) is 3.79. The second kappa shape index (κ2) is 7.00. The molecule has 0 aromatic heterocycles. The third-order valence-electron chi connectivity index (χ3n) is 5.27. The van der Waals surface area contributed by atoms with E-state index < -0.39 is 0 Å². The standard InChI is InChI=1S/C21H24N2O3/c1-25-19-9-8-16(11-20(19)26-17-4-2-3-5-17)23-13-15-7-6-14(12-22)10-18(15)21(23)24/h6-11,17H,2-5,12-13,22H2,1H3. The Hall–Kier alpha value is -2.53. The number of hydrogen-bond donors (Lipinski definition) is 1. The lowest BCUT2D eigenvalue weighted by atomic mass is 10.1. The number of nitrogens with zero attached hydrogens (tertiary/aromatic N) is 1. The molecule has 2 aromatic rings. The van der Waals surface area contributed by atoms with Crippen LogP contribution in [0.5, 0.6) is 11.5 Å². The lowest BCUT2D eigenvalue weighted by molar-refractivity contribution is 0.0996. The zero-order valence-corrected chi connectivity index (χ0v) is 15.0. The first-order chi connectivity index (χ1) is 12.7. The van der Waals surface area contributed by atoms with Crippen LogP contribution < -0.4 is 20.1 Å². The van der Waals surface area contributed by atoms with Crippen LogP contribution in [0.25, 0.3) is 0 Å². The molecule has 5 heteroatoms. The lowest BCUT2D eigenvalue weighted by Gasteiger charge is -2.20. The van der Waals surface area contributed by atoms with E-state index in [1.54, 1.807) is 12.0 Å². The van der Waals surface area contributed by atoms with Crippen LogP contribution in [0.4, 0.5) is 5.69 Å². The predicted octanol–water partition coefficient (Wildman–Crippen LogP) is 3.64. The molecule has 2 N–H and O–H groups in total. The zero-order chi connectivity index (χ0) is 18.1. The Morgan fingerprint density at radius 1 is 1.12 bits per heavy atom. The lowest BCUT2D eigenvalue weighted by Crippen LogP contribution is -2.23. The van der Waals surface area contributed by atoms with Crippen LogP contribution in [-0.2, 0) is 13.1 Å². The van der Waals surface area contributed by atoms with E-state index in [2.05, 4.69) is 0 Å². The number of ether oxygens (including phenoxy) is 2. The fraction of sp³-hybridized carbons (Fsp3) is 0.381. The molecular weight excluding hydrogens is 328 g/mol. The average Bonchev–Trinajstić information content (AvgIpc) is 3.29. The number of benzene rings is 2. The first-order valence-corrected chi connectivity index (χ1v) is 9.18. The van der Waals surface area contributed by atoms with Crippen LogP contribution in [0.3, 0.4) is 0 Å². The highest BCUT2D eigenvalue weighted by molar-refractivity contribution is 6.10. The molecule has 0 saturated heterocycles. The Kier molecular flexibility index (Phi) is 4.55. The van der Waals surface area contributed by atoms with Crippen molar-refractivity contribution in [2.24, 2.45) is 5.73 Å². The second-order valence-electron chi connectivity index (χ2n) is 6.95. The summed E-state index contributed by atoms with van der Waals surface area (Å²) < 4.78 is 11.6. The van der Waals surface area contributed by atoms with Gasteiger partial charge in [0.15, 0.2) is 11.5 Å². The van der Waals surface area contributed by atoms with E-state index >= 15 is 0 Å². The molecule has 0 bridgehead atoms. The molecule has 1 heterocycles. The van der Waals surface area contributed by atoms with Gasteiger partial charge in [-0.1, -0.05) is 12.1 Å². The van der Waals surface area contributed by atoms with Crippen molar-refractivity contribution in [2.45, 2.75) is 44.9 Å². The molecule has 1 fully saturated rings. The van der Waals surface area contributed by atoms with Gasteiger partial charge < -0.3 is 20.1 Å². The van der Waals surface area contributed by atoms with E-state index in [1.807, 2.05) is 36.4 Å². The van der Waals surface area contributed by atoms with Crippen molar-refractivity contribution in [1.29, 1.82) is 0 Å². The van der Waals surface area contributed by atoms with Crippen LogP contribution in [0.15, 0.2) is 36.4 Å². The topological polar surface area (TPSA) is 64.8 Å². The zero-order valence-electron chi connectivity index (χ0n) is 15.0. The van der Waals surface area contributed by atoms with Gasteiger partial charge in [-0.25, -0.2) is 0 Å². The molecule has 136 valence electrons. The third kappa shape index (κ3) is 3.03. The van der Waals surface area contributed by atoms with Gasteiger partial charge in [0.25, 0.3) is 5.91 Å². The van der Waals surface area contributed by atoms with Gasteiger partial charge in [0.1, 0.15) is 0 Å². The third-order valence-corrected chi connectivity index (χ3v) is 5.27. The molecule has 1 amide bonds. The predicted molar refractivity (Wildman–Crippen MR) is 101 cm³/mol. The van der Waals surface area contributed by atoms with E-state index in [-0.39, 0.29) is 12.0 Å².